The van der Waals surface area contributed by atoms with Gasteiger partial charge in [0.15, 0.2) is 9.84 Å². The Kier molecular flexibility index (Phi) is 5.55. The van der Waals surface area contributed by atoms with Crippen LogP contribution >= 0.6 is 0 Å². The average molecular weight is 316 g/mol. The predicted molar refractivity (Wildman–Crippen MR) is 80.8 cm³/mol. The van der Waals surface area contributed by atoms with Gasteiger partial charge in [-0.25, -0.2) is 12.8 Å². The minimum atomic E-state index is -2.94. The number of anilines is 1. The number of halogens is 1. The monoisotopic (exact) mass is 316 g/mol. The maximum atomic E-state index is 14.1. The van der Waals surface area contributed by atoms with Crippen molar-refractivity contribution < 1.29 is 17.5 Å². The Morgan fingerprint density at radius 2 is 2.05 bits per heavy atom. The molecular weight excluding hydrogens is 295 g/mol. The van der Waals surface area contributed by atoms with Crippen molar-refractivity contribution in [2.75, 3.05) is 49.8 Å². The van der Waals surface area contributed by atoms with Crippen LogP contribution in [0.4, 0.5) is 10.1 Å². The smallest absolute Gasteiger partial charge is 0.153 e. The first-order valence-electron chi connectivity index (χ1n) is 6.96. The van der Waals surface area contributed by atoms with Crippen LogP contribution in [0.2, 0.25) is 0 Å². The molecule has 1 aliphatic rings. The predicted octanol–water partition coefficient (Wildman–Crippen LogP) is 0.796. The van der Waals surface area contributed by atoms with Crippen molar-refractivity contribution in [1.82, 2.24) is 5.32 Å². The molecule has 0 amide bonds. The maximum absolute atomic E-state index is 14.1. The highest BCUT2D eigenvalue weighted by atomic mass is 32.2. The van der Waals surface area contributed by atoms with E-state index < -0.39 is 9.84 Å². The molecule has 1 saturated heterocycles. The summed E-state index contributed by atoms with van der Waals surface area (Å²) in [6, 6.07) is 4.93. The zero-order chi connectivity index (χ0) is 15.3. The van der Waals surface area contributed by atoms with E-state index in [0.717, 1.165) is 5.69 Å². The molecule has 1 N–H and O–H groups in total. The van der Waals surface area contributed by atoms with Crippen molar-refractivity contribution in [3.05, 3.63) is 29.6 Å². The van der Waals surface area contributed by atoms with Crippen LogP contribution < -0.4 is 10.2 Å². The molecular formula is C14H21FN2O3S. The van der Waals surface area contributed by atoms with Crippen LogP contribution in [0.1, 0.15) is 5.56 Å². The van der Waals surface area contributed by atoms with Crippen LogP contribution in [0.25, 0.3) is 0 Å². The van der Waals surface area contributed by atoms with E-state index in [1.165, 1.54) is 6.07 Å². The molecule has 1 aromatic carbocycles. The number of benzene rings is 1. The number of ether oxygens (including phenoxy) is 1. The molecule has 1 aromatic rings. The lowest BCUT2D eigenvalue weighted by Gasteiger charge is -2.30. The summed E-state index contributed by atoms with van der Waals surface area (Å²) in [5.74, 6) is -0.0223. The number of hydrogen-bond donors (Lipinski definition) is 1. The summed E-state index contributed by atoms with van der Waals surface area (Å²) in [6.07, 6.45) is 0. The molecule has 21 heavy (non-hydrogen) atoms. The van der Waals surface area contributed by atoms with Crippen molar-refractivity contribution in [2.24, 2.45) is 0 Å². The molecule has 0 radical (unpaired) electrons. The van der Waals surface area contributed by atoms with Gasteiger partial charge in [-0.1, -0.05) is 6.07 Å². The van der Waals surface area contributed by atoms with E-state index in [0.29, 0.717) is 38.3 Å². The summed E-state index contributed by atoms with van der Waals surface area (Å²) >= 11 is 0. The van der Waals surface area contributed by atoms with Gasteiger partial charge in [0.1, 0.15) is 5.82 Å². The van der Waals surface area contributed by atoms with Gasteiger partial charge in [-0.3, -0.25) is 0 Å². The number of rotatable bonds is 6. The van der Waals surface area contributed by atoms with E-state index in [-0.39, 0.29) is 17.3 Å². The fraction of sp³-hybridized carbons (Fsp3) is 0.571. The summed E-state index contributed by atoms with van der Waals surface area (Å²) in [7, 11) is -1.32. The molecule has 1 heterocycles. The second kappa shape index (κ2) is 7.20. The summed E-state index contributed by atoms with van der Waals surface area (Å²) < 4.78 is 42.0. The Hall–Kier alpha value is -1.18. The quantitative estimate of drug-likeness (QED) is 0.787. The fourth-order valence-electron chi connectivity index (χ4n) is 2.36. The third-order valence-corrected chi connectivity index (χ3v) is 5.17. The number of nitrogens with one attached hydrogen (secondary N) is 1. The zero-order valence-corrected chi connectivity index (χ0v) is 13.0. The Morgan fingerprint density at radius 1 is 1.33 bits per heavy atom. The van der Waals surface area contributed by atoms with Gasteiger partial charge in [0, 0.05) is 44.5 Å². The van der Waals surface area contributed by atoms with Gasteiger partial charge < -0.3 is 15.0 Å². The zero-order valence-electron chi connectivity index (χ0n) is 12.1. The lowest BCUT2D eigenvalue weighted by Crippen LogP contribution is -2.41. The van der Waals surface area contributed by atoms with Gasteiger partial charge >= 0.3 is 0 Å². The van der Waals surface area contributed by atoms with Crippen molar-refractivity contribution >= 4 is 15.5 Å². The van der Waals surface area contributed by atoms with Gasteiger partial charge in [-0.2, -0.15) is 0 Å². The molecule has 0 atom stereocenters. The van der Waals surface area contributed by atoms with Crippen LogP contribution in [-0.4, -0.2) is 53.3 Å². The highest BCUT2D eigenvalue weighted by Gasteiger charge is 2.24. The second-order valence-electron chi connectivity index (χ2n) is 5.05. The third kappa shape index (κ3) is 4.39. The van der Waals surface area contributed by atoms with E-state index in [2.05, 4.69) is 5.32 Å². The minimum absolute atomic E-state index is 0.125. The van der Waals surface area contributed by atoms with Crippen LogP contribution in [0.3, 0.4) is 0 Å². The maximum Gasteiger partial charge on any atom is 0.153 e. The average Bonchev–Trinajstić information content (AvgIpc) is 2.45. The molecule has 1 fully saturated rings. The standard InChI is InChI=1S/C14H21FN2O3S/c1-20-8-5-16-11-12-13(15)3-2-4-14(12)17-6-9-21(18,19)10-7-17/h2-4,16H,5-11H2,1H3. The molecule has 5 nitrogen and oxygen atoms in total. The van der Waals surface area contributed by atoms with Crippen molar-refractivity contribution in [3.63, 3.8) is 0 Å². The van der Waals surface area contributed by atoms with E-state index in [1.54, 1.807) is 13.2 Å². The summed E-state index contributed by atoms with van der Waals surface area (Å²) in [5.41, 5.74) is 1.35. The number of hydrogen-bond acceptors (Lipinski definition) is 5. The molecule has 1 aliphatic heterocycles. The van der Waals surface area contributed by atoms with Gasteiger partial charge in [-0.15, -0.1) is 0 Å². The molecule has 2 rings (SSSR count). The Labute approximate surface area is 125 Å². The highest BCUT2D eigenvalue weighted by Crippen LogP contribution is 2.24. The molecule has 0 saturated carbocycles. The number of sulfone groups is 1. The number of methoxy groups -OCH3 is 1. The normalized spacial score (nSPS) is 17.9. The van der Waals surface area contributed by atoms with Crippen molar-refractivity contribution in [2.45, 2.75) is 6.54 Å². The van der Waals surface area contributed by atoms with E-state index >= 15 is 0 Å². The summed E-state index contributed by atoms with van der Waals surface area (Å²) in [6.45, 7) is 2.42. The molecule has 118 valence electrons. The van der Waals surface area contributed by atoms with Gasteiger partial charge in [0.25, 0.3) is 0 Å². The van der Waals surface area contributed by atoms with E-state index in [1.807, 2.05) is 11.0 Å². The topological polar surface area (TPSA) is 58.6 Å². The molecule has 7 heteroatoms. The molecule has 0 unspecified atom stereocenters. The van der Waals surface area contributed by atoms with Gasteiger partial charge in [0.2, 0.25) is 0 Å². The first kappa shape index (κ1) is 16.2. The van der Waals surface area contributed by atoms with Crippen LogP contribution in [0.15, 0.2) is 18.2 Å². The van der Waals surface area contributed by atoms with Crippen molar-refractivity contribution in [3.8, 4) is 0 Å². The molecule has 0 bridgehead atoms. The summed E-state index contributed by atoms with van der Waals surface area (Å²) in [4.78, 5) is 1.94. The van der Waals surface area contributed by atoms with Crippen LogP contribution in [0, 0.1) is 5.82 Å². The second-order valence-corrected chi connectivity index (χ2v) is 7.35. The van der Waals surface area contributed by atoms with E-state index in [9.17, 15) is 12.8 Å². The minimum Gasteiger partial charge on any atom is -0.383 e. The van der Waals surface area contributed by atoms with Gasteiger partial charge in [0.05, 0.1) is 18.1 Å². The lowest BCUT2D eigenvalue weighted by molar-refractivity contribution is 0.199. The Bertz CT molecular complexity index is 564. The van der Waals surface area contributed by atoms with Crippen LogP contribution in [-0.2, 0) is 21.1 Å². The molecule has 0 spiro atoms. The number of nitrogens with zero attached hydrogens (tertiary/aromatic N) is 1. The van der Waals surface area contributed by atoms with E-state index in [4.69, 9.17) is 4.74 Å². The first-order chi connectivity index (χ1) is 10.0. The van der Waals surface area contributed by atoms with Crippen molar-refractivity contribution in [1.29, 1.82) is 0 Å². The fourth-order valence-corrected chi connectivity index (χ4v) is 3.56. The van der Waals surface area contributed by atoms with Gasteiger partial charge in [-0.05, 0) is 12.1 Å². The Morgan fingerprint density at radius 3 is 2.71 bits per heavy atom. The SMILES string of the molecule is COCCNCc1c(F)cccc1N1CCS(=O)(=O)CC1. The summed E-state index contributed by atoms with van der Waals surface area (Å²) in [5, 5.41) is 3.13. The molecule has 0 aromatic heterocycles. The Balaban J connectivity index is 2.10. The lowest BCUT2D eigenvalue weighted by atomic mass is 10.1. The third-order valence-electron chi connectivity index (χ3n) is 3.56. The largest absolute Gasteiger partial charge is 0.383 e. The van der Waals surface area contributed by atoms with Crippen LogP contribution in [0.5, 0.6) is 0 Å². The highest BCUT2D eigenvalue weighted by molar-refractivity contribution is 7.91. The first-order valence-corrected chi connectivity index (χ1v) is 8.78. The molecule has 0 aliphatic carbocycles.